The predicted molar refractivity (Wildman–Crippen MR) is 96.9 cm³/mol. The van der Waals surface area contributed by atoms with E-state index in [1.54, 1.807) is 36.4 Å². The lowest BCUT2D eigenvalue weighted by molar-refractivity contribution is 0.630. The van der Waals surface area contributed by atoms with Gasteiger partial charge in [0.1, 0.15) is 23.3 Å². The molecule has 0 atom stereocenters. The van der Waals surface area contributed by atoms with E-state index in [-0.39, 0.29) is 16.9 Å². The van der Waals surface area contributed by atoms with E-state index >= 15 is 0 Å². The molecule has 0 spiro atoms. The maximum Gasteiger partial charge on any atom is 0.142 e. The molecule has 0 aliphatic heterocycles. The number of halogens is 3. The number of aromatic nitrogens is 1. The first-order chi connectivity index (χ1) is 11.5. The quantitative estimate of drug-likeness (QED) is 0.622. The Bertz CT molecular complexity index is 982. The van der Waals surface area contributed by atoms with Gasteiger partial charge in [-0.25, -0.2) is 9.37 Å². The highest BCUT2D eigenvalue weighted by Gasteiger charge is 2.16. The number of benzene rings is 2. The summed E-state index contributed by atoms with van der Waals surface area (Å²) in [5.74, 6) is -0.407. The van der Waals surface area contributed by atoms with Gasteiger partial charge in [-0.3, -0.25) is 0 Å². The fraction of sp³-hybridized carbons (Fsp3) is 0. The molecule has 1 aromatic heterocycles. The first-order valence-electron chi connectivity index (χ1n) is 6.91. The smallest absolute Gasteiger partial charge is 0.142 e. The van der Waals surface area contributed by atoms with Crippen LogP contribution in [0.15, 0.2) is 53.0 Å². The molecule has 118 valence electrons. The van der Waals surface area contributed by atoms with Crippen molar-refractivity contribution in [1.82, 2.24) is 4.98 Å². The van der Waals surface area contributed by atoms with Crippen LogP contribution < -0.4 is 5.73 Å². The zero-order chi connectivity index (χ0) is 17.3. The molecule has 0 unspecified atom stereocenters. The van der Waals surface area contributed by atoms with Gasteiger partial charge in [0, 0.05) is 26.2 Å². The van der Waals surface area contributed by atoms with Crippen molar-refractivity contribution in [3.8, 4) is 28.5 Å². The standard InChI is InChI=1S/C18H10BrClFN3/c19-11-4-5-13(16(21)7-11)14-8-17(24-18(23)15(14)9-22)10-2-1-3-12(20)6-10/h1-8H,(H2,23,24). The summed E-state index contributed by atoms with van der Waals surface area (Å²) in [5.41, 5.74) is 8.00. The van der Waals surface area contributed by atoms with Gasteiger partial charge in [0.05, 0.1) is 5.69 Å². The van der Waals surface area contributed by atoms with Crippen molar-refractivity contribution < 1.29 is 4.39 Å². The van der Waals surface area contributed by atoms with Crippen LogP contribution in [-0.2, 0) is 0 Å². The van der Waals surface area contributed by atoms with Crippen molar-refractivity contribution in [2.24, 2.45) is 0 Å². The number of nitrogen functional groups attached to an aromatic ring is 1. The minimum Gasteiger partial charge on any atom is -0.383 e. The fourth-order valence-electron chi connectivity index (χ4n) is 2.40. The van der Waals surface area contributed by atoms with Crippen LogP contribution in [0, 0.1) is 17.1 Å². The normalized spacial score (nSPS) is 10.4. The maximum absolute atomic E-state index is 14.4. The summed E-state index contributed by atoms with van der Waals surface area (Å²) in [7, 11) is 0. The van der Waals surface area contributed by atoms with Gasteiger partial charge in [-0.15, -0.1) is 0 Å². The average Bonchev–Trinajstić information content (AvgIpc) is 2.54. The van der Waals surface area contributed by atoms with Crippen LogP contribution in [0.25, 0.3) is 22.4 Å². The molecular formula is C18H10BrClFN3. The Labute approximate surface area is 151 Å². The second kappa shape index (κ2) is 6.60. The van der Waals surface area contributed by atoms with Crippen LogP contribution >= 0.6 is 27.5 Å². The largest absolute Gasteiger partial charge is 0.383 e. The molecule has 3 aromatic rings. The molecule has 24 heavy (non-hydrogen) atoms. The van der Waals surface area contributed by atoms with E-state index in [1.807, 2.05) is 12.1 Å². The topological polar surface area (TPSA) is 62.7 Å². The van der Waals surface area contributed by atoms with Crippen molar-refractivity contribution in [3.63, 3.8) is 0 Å². The predicted octanol–water partition coefficient (Wildman–Crippen LogP) is 5.42. The molecule has 0 fully saturated rings. The molecule has 0 amide bonds. The molecule has 2 N–H and O–H groups in total. The van der Waals surface area contributed by atoms with Gasteiger partial charge in [-0.1, -0.05) is 45.7 Å². The van der Waals surface area contributed by atoms with Crippen molar-refractivity contribution in [2.45, 2.75) is 0 Å². The van der Waals surface area contributed by atoms with Gasteiger partial charge in [0.25, 0.3) is 0 Å². The lowest BCUT2D eigenvalue weighted by Crippen LogP contribution is -2.00. The minimum absolute atomic E-state index is 0.0484. The summed E-state index contributed by atoms with van der Waals surface area (Å²) in [6.07, 6.45) is 0. The number of anilines is 1. The van der Waals surface area contributed by atoms with E-state index in [4.69, 9.17) is 17.3 Å². The van der Waals surface area contributed by atoms with Crippen molar-refractivity contribution in [1.29, 1.82) is 5.26 Å². The zero-order valence-corrected chi connectivity index (χ0v) is 14.6. The molecule has 0 aliphatic carbocycles. The fourth-order valence-corrected chi connectivity index (χ4v) is 2.92. The summed E-state index contributed by atoms with van der Waals surface area (Å²) in [6.45, 7) is 0. The van der Waals surface area contributed by atoms with Gasteiger partial charge >= 0.3 is 0 Å². The monoisotopic (exact) mass is 401 g/mol. The summed E-state index contributed by atoms with van der Waals surface area (Å²) < 4.78 is 15.0. The Morgan fingerprint density at radius 1 is 1.12 bits per heavy atom. The highest BCUT2D eigenvalue weighted by atomic mass is 79.9. The van der Waals surface area contributed by atoms with Crippen LogP contribution in [0.1, 0.15) is 5.56 Å². The lowest BCUT2D eigenvalue weighted by atomic mass is 9.98. The summed E-state index contributed by atoms with van der Waals surface area (Å²) in [6, 6.07) is 15.4. The van der Waals surface area contributed by atoms with Crippen molar-refractivity contribution in [2.75, 3.05) is 5.73 Å². The second-order valence-electron chi connectivity index (χ2n) is 5.06. The van der Waals surface area contributed by atoms with E-state index in [0.29, 0.717) is 20.8 Å². The van der Waals surface area contributed by atoms with E-state index in [9.17, 15) is 9.65 Å². The average molecular weight is 403 g/mol. The molecule has 2 aromatic carbocycles. The Balaban J connectivity index is 2.27. The maximum atomic E-state index is 14.4. The number of nitrogens with zero attached hydrogens (tertiary/aromatic N) is 2. The number of nitrogens with two attached hydrogens (primary N) is 1. The minimum atomic E-state index is -0.455. The Morgan fingerprint density at radius 3 is 2.58 bits per heavy atom. The van der Waals surface area contributed by atoms with Crippen LogP contribution in [0.4, 0.5) is 10.2 Å². The third-order valence-electron chi connectivity index (χ3n) is 3.50. The summed E-state index contributed by atoms with van der Waals surface area (Å²) in [4.78, 5) is 4.25. The van der Waals surface area contributed by atoms with Gasteiger partial charge < -0.3 is 5.73 Å². The number of hydrogen-bond donors (Lipinski definition) is 1. The van der Waals surface area contributed by atoms with E-state index in [1.165, 1.54) is 6.07 Å². The van der Waals surface area contributed by atoms with Crippen LogP contribution in [-0.4, -0.2) is 4.98 Å². The molecule has 0 saturated heterocycles. The summed E-state index contributed by atoms with van der Waals surface area (Å²) in [5, 5.41) is 9.94. The van der Waals surface area contributed by atoms with Crippen LogP contribution in [0.3, 0.4) is 0 Å². The number of hydrogen-bond acceptors (Lipinski definition) is 3. The first-order valence-corrected chi connectivity index (χ1v) is 8.08. The molecule has 3 nitrogen and oxygen atoms in total. The molecule has 0 aliphatic rings. The van der Waals surface area contributed by atoms with E-state index < -0.39 is 5.82 Å². The highest BCUT2D eigenvalue weighted by Crippen LogP contribution is 2.34. The first kappa shape index (κ1) is 16.4. The Hall–Kier alpha value is -2.42. The summed E-state index contributed by atoms with van der Waals surface area (Å²) >= 11 is 9.24. The molecule has 0 bridgehead atoms. The lowest BCUT2D eigenvalue weighted by Gasteiger charge is -2.11. The third kappa shape index (κ3) is 3.12. The van der Waals surface area contributed by atoms with Gasteiger partial charge in [0.2, 0.25) is 0 Å². The van der Waals surface area contributed by atoms with Gasteiger partial charge in [0.15, 0.2) is 0 Å². The molecule has 1 heterocycles. The second-order valence-corrected chi connectivity index (χ2v) is 6.41. The van der Waals surface area contributed by atoms with Gasteiger partial charge in [-0.05, 0) is 30.3 Å². The zero-order valence-electron chi connectivity index (χ0n) is 12.2. The molecule has 3 rings (SSSR count). The SMILES string of the molecule is N#Cc1c(-c2ccc(Br)cc2F)cc(-c2cccc(Cl)c2)nc1N. The molecule has 0 saturated carbocycles. The van der Waals surface area contributed by atoms with Crippen LogP contribution in [0.5, 0.6) is 0 Å². The molecular weight excluding hydrogens is 393 g/mol. The van der Waals surface area contributed by atoms with Crippen molar-refractivity contribution in [3.05, 3.63) is 69.4 Å². The third-order valence-corrected chi connectivity index (χ3v) is 4.23. The molecule has 0 radical (unpaired) electrons. The molecule has 6 heteroatoms. The van der Waals surface area contributed by atoms with E-state index in [2.05, 4.69) is 20.9 Å². The Kier molecular flexibility index (Phi) is 4.52. The number of nitriles is 1. The van der Waals surface area contributed by atoms with Crippen LogP contribution in [0.2, 0.25) is 5.02 Å². The van der Waals surface area contributed by atoms with E-state index in [0.717, 1.165) is 5.56 Å². The highest BCUT2D eigenvalue weighted by molar-refractivity contribution is 9.10. The Morgan fingerprint density at radius 2 is 1.92 bits per heavy atom. The van der Waals surface area contributed by atoms with Gasteiger partial charge in [-0.2, -0.15) is 5.26 Å². The number of pyridine rings is 1. The number of rotatable bonds is 2. The van der Waals surface area contributed by atoms with Crippen molar-refractivity contribution >= 4 is 33.3 Å².